The lowest BCUT2D eigenvalue weighted by Crippen LogP contribution is -2.46. The molecule has 3 aliphatic heterocycles. The molecule has 1 saturated heterocycles. The highest BCUT2D eigenvalue weighted by Crippen LogP contribution is 2.37. The zero-order valence-electron chi connectivity index (χ0n) is 29.4. The number of benzene rings is 3. The van der Waals surface area contributed by atoms with Crippen LogP contribution >= 0.6 is 0 Å². The van der Waals surface area contributed by atoms with E-state index in [2.05, 4.69) is 16.3 Å². The van der Waals surface area contributed by atoms with Crippen molar-refractivity contribution in [1.82, 2.24) is 15.1 Å². The molecule has 9 nitrogen and oxygen atoms in total. The first-order valence-corrected chi connectivity index (χ1v) is 18.3. The molecule has 0 radical (unpaired) electrons. The molecular weight excluding hydrogens is 646 g/mol. The zero-order chi connectivity index (χ0) is 35.7. The highest BCUT2D eigenvalue weighted by molar-refractivity contribution is 6.48. The lowest BCUT2D eigenvalue weighted by atomic mass is 9.85. The minimum atomic E-state index is -0.768. The third kappa shape index (κ3) is 8.69. The summed E-state index contributed by atoms with van der Waals surface area (Å²) < 4.78 is 26.5. The van der Waals surface area contributed by atoms with Crippen molar-refractivity contribution in [3.05, 3.63) is 87.7 Å². The van der Waals surface area contributed by atoms with Crippen LogP contribution in [0.1, 0.15) is 102 Å². The molecule has 6 rings (SSSR count). The molecule has 1 unspecified atom stereocenters. The van der Waals surface area contributed by atoms with Crippen LogP contribution in [-0.4, -0.2) is 68.1 Å². The Bertz CT molecular complexity index is 1790. The highest BCUT2D eigenvalue weighted by Gasteiger charge is 2.38. The average molecular weight is 693 g/mol. The van der Waals surface area contributed by atoms with Gasteiger partial charge in [-0.1, -0.05) is 25.3 Å². The summed E-state index contributed by atoms with van der Waals surface area (Å²) in [4.78, 5) is 40.9. The van der Waals surface area contributed by atoms with Gasteiger partial charge in [-0.05, 0) is 134 Å². The Labute approximate surface area is 300 Å². The normalized spacial score (nSPS) is 16.3. The van der Waals surface area contributed by atoms with E-state index in [4.69, 9.17) is 9.39 Å². The van der Waals surface area contributed by atoms with Gasteiger partial charge >= 0.3 is 7.48 Å². The number of aldehydes is 1. The van der Waals surface area contributed by atoms with Gasteiger partial charge in [0.05, 0.1) is 18.2 Å². The molecule has 1 atom stereocenters. The van der Waals surface area contributed by atoms with Crippen LogP contribution in [0.3, 0.4) is 0 Å². The fourth-order valence-corrected chi connectivity index (χ4v) is 7.81. The van der Waals surface area contributed by atoms with Crippen LogP contribution < -0.4 is 15.5 Å². The van der Waals surface area contributed by atoms with Crippen LogP contribution in [0.25, 0.3) is 0 Å². The van der Waals surface area contributed by atoms with Gasteiger partial charge in [0, 0.05) is 25.6 Å². The number of hydrogen-bond donors (Lipinski definition) is 1. The molecule has 3 aromatic carbocycles. The highest BCUT2D eigenvalue weighted by atomic mass is 19.1. The predicted molar refractivity (Wildman–Crippen MR) is 194 cm³/mol. The number of aryl methyl sites for hydroxylation is 1. The van der Waals surface area contributed by atoms with Crippen LogP contribution in [0.4, 0.5) is 4.39 Å². The molecule has 0 aliphatic carbocycles. The Morgan fingerprint density at radius 2 is 1.86 bits per heavy atom. The molecule has 0 saturated carbocycles. The minimum Gasteiger partial charge on any atom is -0.457 e. The number of amides is 2. The number of halogens is 1. The maximum absolute atomic E-state index is 14.8. The summed E-state index contributed by atoms with van der Waals surface area (Å²) in [5.74, 6) is 0.570. The van der Waals surface area contributed by atoms with Crippen LogP contribution in [0.2, 0.25) is 0 Å². The summed E-state index contributed by atoms with van der Waals surface area (Å²) in [5.41, 5.74) is 6.11. The third-order valence-electron chi connectivity index (χ3n) is 10.6. The number of nitrogens with one attached hydrogen (secondary N) is 1. The number of carbonyl (C=O) groups is 3. The topological polar surface area (TPSA) is 112 Å². The van der Waals surface area contributed by atoms with E-state index >= 15 is 0 Å². The Balaban J connectivity index is 0.931. The standard InChI is InChI=1S/C40H46BFN4O5/c1-44-39(48)38(9-7-19-47)46-25-36-34(22-31(42)23-35(36)40(46)49)27-14-17-45(18-15-27)16-6-4-2-3-5-8-28-20-32(11-10-29(28)24-43)51-33-12-13-37-30(21-33)26-50-41-37/h10-13,19-23,27,38,41H,2-9,14-18,25-26H2,1H3,(H,44,48). The Morgan fingerprint density at radius 1 is 1.10 bits per heavy atom. The number of piperidine rings is 1. The van der Waals surface area contributed by atoms with Gasteiger partial charge in [0.15, 0.2) is 0 Å². The summed E-state index contributed by atoms with van der Waals surface area (Å²) in [7, 11) is 2.16. The third-order valence-corrected chi connectivity index (χ3v) is 10.6. The Kier molecular flexibility index (Phi) is 12.2. The van der Waals surface area contributed by atoms with Gasteiger partial charge in [-0.15, -0.1) is 0 Å². The van der Waals surface area contributed by atoms with E-state index in [-0.39, 0.29) is 37.1 Å². The largest absolute Gasteiger partial charge is 0.457 e. The number of rotatable bonds is 16. The second-order valence-electron chi connectivity index (χ2n) is 13.9. The summed E-state index contributed by atoms with van der Waals surface area (Å²) in [5, 5.41) is 12.3. The summed E-state index contributed by atoms with van der Waals surface area (Å²) in [6.07, 6.45) is 9.26. The first-order valence-electron chi connectivity index (χ1n) is 18.3. The summed E-state index contributed by atoms with van der Waals surface area (Å²) in [6.45, 7) is 3.73. The van der Waals surface area contributed by atoms with E-state index in [9.17, 15) is 24.0 Å². The molecule has 0 spiro atoms. The smallest absolute Gasteiger partial charge is 0.309 e. The molecule has 0 aromatic heterocycles. The fourth-order valence-electron chi connectivity index (χ4n) is 7.81. The van der Waals surface area contributed by atoms with Crippen molar-refractivity contribution in [2.75, 3.05) is 26.7 Å². The second-order valence-corrected chi connectivity index (χ2v) is 13.9. The second kappa shape index (κ2) is 17.1. The fraction of sp³-hybridized carbons (Fsp3) is 0.450. The van der Waals surface area contributed by atoms with Crippen LogP contribution in [0, 0.1) is 17.1 Å². The maximum Gasteiger partial charge on any atom is 0.309 e. The SMILES string of the molecule is CNC(=O)C(CCC=O)N1Cc2c(cc(F)cc2C2CCN(CCCCCCCc3cc(Oc4ccc5c(c4)COB5)ccc3C#N)CC2)C1=O. The van der Waals surface area contributed by atoms with E-state index in [0.717, 1.165) is 111 Å². The van der Waals surface area contributed by atoms with Gasteiger partial charge in [0.25, 0.3) is 5.91 Å². The minimum absolute atomic E-state index is 0.150. The number of carbonyl (C=O) groups excluding carboxylic acids is 3. The summed E-state index contributed by atoms with van der Waals surface area (Å²) in [6, 6.07) is 16.2. The van der Waals surface area contributed by atoms with Crippen molar-refractivity contribution in [3.8, 4) is 17.6 Å². The quantitative estimate of drug-likeness (QED) is 0.121. The van der Waals surface area contributed by atoms with E-state index in [0.29, 0.717) is 25.2 Å². The van der Waals surface area contributed by atoms with Crippen LogP contribution in [0.5, 0.6) is 11.5 Å². The van der Waals surface area contributed by atoms with Crippen molar-refractivity contribution >= 4 is 31.0 Å². The molecule has 1 N–H and O–H groups in total. The molecule has 266 valence electrons. The molecular formula is C40H46BFN4O5. The van der Waals surface area contributed by atoms with Crippen LogP contribution in [-0.2, 0) is 33.8 Å². The zero-order valence-corrected chi connectivity index (χ0v) is 29.4. The van der Waals surface area contributed by atoms with Crippen molar-refractivity contribution in [2.24, 2.45) is 0 Å². The number of hydrogen-bond acceptors (Lipinski definition) is 7. The van der Waals surface area contributed by atoms with Crippen molar-refractivity contribution < 1.29 is 28.2 Å². The van der Waals surface area contributed by atoms with Crippen molar-refractivity contribution in [3.63, 3.8) is 0 Å². The lowest BCUT2D eigenvalue weighted by molar-refractivity contribution is -0.125. The number of unbranched alkanes of at least 4 members (excludes halogenated alkanes) is 4. The molecule has 3 heterocycles. The Hall–Kier alpha value is -4.53. The monoisotopic (exact) mass is 692 g/mol. The Morgan fingerprint density at radius 3 is 2.65 bits per heavy atom. The van der Waals surface area contributed by atoms with E-state index < -0.39 is 11.9 Å². The number of likely N-dealkylation sites (tertiary alicyclic amines) is 1. The molecule has 3 aromatic rings. The number of nitriles is 1. The molecule has 51 heavy (non-hydrogen) atoms. The van der Waals surface area contributed by atoms with Gasteiger partial charge in [0.2, 0.25) is 5.91 Å². The number of nitrogens with zero attached hydrogens (tertiary/aromatic N) is 3. The predicted octanol–water partition coefficient (Wildman–Crippen LogP) is 5.42. The van der Waals surface area contributed by atoms with Crippen LogP contribution in [0.15, 0.2) is 48.5 Å². The molecule has 11 heteroatoms. The molecule has 0 bridgehead atoms. The van der Waals surface area contributed by atoms with Gasteiger partial charge < -0.3 is 29.3 Å². The van der Waals surface area contributed by atoms with Gasteiger partial charge in [0.1, 0.15) is 29.6 Å². The maximum atomic E-state index is 14.8. The van der Waals surface area contributed by atoms with E-state index in [1.54, 1.807) is 6.07 Å². The van der Waals surface area contributed by atoms with Gasteiger partial charge in [-0.25, -0.2) is 4.39 Å². The van der Waals surface area contributed by atoms with E-state index in [1.165, 1.54) is 23.5 Å². The van der Waals surface area contributed by atoms with Gasteiger partial charge in [-0.3, -0.25) is 9.59 Å². The van der Waals surface area contributed by atoms with Gasteiger partial charge in [-0.2, -0.15) is 5.26 Å². The van der Waals surface area contributed by atoms with Crippen molar-refractivity contribution in [1.29, 1.82) is 5.26 Å². The molecule has 3 aliphatic rings. The first kappa shape index (κ1) is 36.3. The van der Waals surface area contributed by atoms with Crippen molar-refractivity contribution in [2.45, 2.75) is 89.3 Å². The average Bonchev–Trinajstić information content (AvgIpc) is 3.75. The lowest BCUT2D eigenvalue weighted by Gasteiger charge is -2.33. The number of ether oxygens (including phenoxy) is 1. The van der Waals surface area contributed by atoms with E-state index in [1.807, 2.05) is 36.4 Å². The first-order chi connectivity index (χ1) is 24.9. The number of likely N-dealkylation sites (N-methyl/N-ethyl adjacent to an activating group) is 1. The molecule has 1 fully saturated rings. The summed E-state index contributed by atoms with van der Waals surface area (Å²) >= 11 is 0. The number of fused-ring (bicyclic) bond motifs is 2. The molecule has 2 amide bonds.